The van der Waals surface area contributed by atoms with Crippen molar-refractivity contribution in [1.29, 1.82) is 0 Å². The molecule has 24 heavy (non-hydrogen) atoms. The summed E-state index contributed by atoms with van der Waals surface area (Å²) in [6, 6.07) is 0. The molecule has 3 aliphatic rings. The van der Waals surface area contributed by atoms with Crippen molar-refractivity contribution < 1.29 is 17.6 Å². The number of hydrogen-bond acceptors (Lipinski definition) is 0. The molecule has 3 rings (SSSR count). The molecular formula is C20H28F4. The van der Waals surface area contributed by atoms with Gasteiger partial charge in [0.25, 0.3) is 0 Å². The molecule has 0 aromatic rings. The molecule has 0 aromatic carbocycles. The minimum atomic E-state index is -4.05. The van der Waals surface area contributed by atoms with Gasteiger partial charge in [-0.3, -0.25) is 0 Å². The highest BCUT2D eigenvalue weighted by molar-refractivity contribution is 5.38. The average Bonchev–Trinajstić information content (AvgIpc) is 2.54. The van der Waals surface area contributed by atoms with E-state index in [0.29, 0.717) is 24.7 Å². The van der Waals surface area contributed by atoms with Crippen molar-refractivity contribution in [3.05, 3.63) is 23.3 Å². The third kappa shape index (κ3) is 3.06. The lowest BCUT2D eigenvalue weighted by Crippen LogP contribution is -2.47. The van der Waals surface area contributed by atoms with Gasteiger partial charge in [-0.2, -0.15) is 17.6 Å². The van der Waals surface area contributed by atoms with E-state index >= 15 is 0 Å². The van der Waals surface area contributed by atoms with Crippen molar-refractivity contribution in [2.24, 2.45) is 23.7 Å². The molecule has 3 aliphatic carbocycles. The second-order valence-corrected chi connectivity index (χ2v) is 8.25. The van der Waals surface area contributed by atoms with Crippen molar-refractivity contribution in [1.82, 2.24) is 0 Å². The number of rotatable bonds is 2. The van der Waals surface area contributed by atoms with E-state index in [1.165, 1.54) is 37.8 Å². The molecule has 2 saturated carbocycles. The van der Waals surface area contributed by atoms with Crippen LogP contribution in [0.15, 0.2) is 23.3 Å². The zero-order chi connectivity index (χ0) is 17.5. The van der Waals surface area contributed by atoms with E-state index in [1.807, 2.05) is 0 Å². The van der Waals surface area contributed by atoms with Crippen LogP contribution in [-0.2, 0) is 0 Å². The molecule has 0 atom stereocenters. The molecule has 0 radical (unpaired) electrons. The minimum Gasteiger partial charge on any atom is -0.194 e. The van der Waals surface area contributed by atoms with Crippen LogP contribution in [0.2, 0.25) is 0 Å². The summed E-state index contributed by atoms with van der Waals surface area (Å²) in [6.07, 6.45) is 10.5. The minimum absolute atomic E-state index is 0.339. The molecule has 4 heteroatoms. The molecule has 0 aromatic heterocycles. The maximum Gasteiger partial charge on any atom is 0.336 e. The van der Waals surface area contributed by atoms with Crippen molar-refractivity contribution >= 4 is 0 Å². The molecule has 0 spiro atoms. The van der Waals surface area contributed by atoms with Crippen molar-refractivity contribution in [2.45, 2.75) is 77.1 Å². The molecule has 0 saturated heterocycles. The Morgan fingerprint density at radius 3 is 1.79 bits per heavy atom. The summed E-state index contributed by atoms with van der Waals surface area (Å²) >= 11 is 0. The highest BCUT2D eigenvalue weighted by Crippen LogP contribution is 2.52. The molecule has 0 amide bonds. The van der Waals surface area contributed by atoms with Crippen LogP contribution >= 0.6 is 0 Å². The fourth-order valence-electron chi connectivity index (χ4n) is 4.90. The van der Waals surface area contributed by atoms with E-state index in [9.17, 15) is 17.6 Å². The molecule has 0 N–H and O–H groups in total. The second kappa shape index (κ2) is 6.49. The Labute approximate surface area is 142 Å². The van der Waals surface area contributed by atoms with Gasteiger partial charge in [0.2, 0.25) is 0 Å². The summed E-state index contributed by atoms with van der Waals surface area (Å²) in [5, 5.41) is 0. The standard InChI is InChI=1S/C20H28F4/c1-13-3-6-15(7-4-13)16-8-10-17(11-9-16)18-12-5-14(2)19(21,22)20(18,23)24/h5,12-13,15-17H,3-4,6-11H2,1-2H3. The lowest BCUT2D eigenvalue weighted by atomic mass is 9.67. The van der Waals surface area contributed by atoms with Crippen LogP contribution in [-0.4, -0.2) is 11.8 Å². The van der Waals surface area contributed by atoms with Crippen LogP contribution in [0.3, 0.4) is 0 Å². The fraction of sp³-hybridized carbons (Fsp3) is 0.800. The monoisotopic (exact) mass is 344 g/mol. The summed E-state index contributed by atoms with van der Waals surface area (Å²) in [4.78, 5) is 0. The van der Waals surface area contributed by atoms with Crippen molar-refractivity contribution in [2.75, 3.05) is 0 Å². The SMILES string of the molecule is CC1=CC=C(C2CCC(C3CCC(C)CC3)CC2)C(F)(F)C1(F)F. The Kier molecular flexibility index (Phi) is 4.87. The van der Waals surface area contributed by atoms with E-state index in [4.69, 9.17) is 0 Å². The topological polar surface area (TPSA) is 0 Å². The van der Waals surface area contributed by atoms with Gasteiger partial charge < -0.3 is 0 Å². The zero-order valence-electron chi connectivity index (χ0n) is 14.6. The summed E-state index contributed by atoms with van der Waals surface area (Å²) in [6.45, 7) is 3.38. The largest absolute Gasteiger partial charge is 0.336 e. The Bertz CT molecular complexity index is 516. The lowest BCUT2D eigenvalue weighted by Gasteiger charge is -2.40. The Hall–Kier alpha value is -0.800. The van der Waals surface area contributed by atoms with Crippen LogP contribution < -0.4 is 0 Å². The third-order valence-electron chi connectivity index (χ3n) is 6.70. The van der Waals surface area contributed by atoms with Crippen LogP contribution in [0, 0.1) is 23.7 Å². The smallest absolute Gasteiger partial charge is 0.194 e. The first kappa shape index (κ1) is 18.0. The van der Waals surface area contributed by atoms with Gasteiger partial charge in [0.1, 0.15) is 0 Å². The first-order chi connectivity index (χ1) is 11.2. The molecule has 0 unspecified atom stereocenters. The average molecular weight is 344 g/mol. The van der Waals surface area contributed by atoms with Gasteiger partial charge in [0.05, 0.1) is 0 Å². The summed E-state index contributed by atoms with van der Waals surface area (Å²) < 4.78 is 56.5. The highest BCUT2D eigenvalue weighted by Gasteiger charge is 2.61. The molecule has 136 valence electrons. The first-order valence-electron chi connectivity index (χ1n) is 9.38. The van der Waals surface area contributed by atoms with Gasteiger partial charge in [-0.15, -0.1) is 0 Å². The first-order valence-corrected chi connectivity index (χ1v) is 9.38. The van der Waals surface area contributed by atoms with Crippen molar-refractivity contribution in [3.8, 4) is 0 Å². The van der Waals surface area contributed by atoms with E-state index < -0.39 is 23.3 Å². The van der Waals surface area contributed by atoms with Crippen LogP contribution in [0.5, 0.6) is 0 Å². The quantitative estimate of drug-likeness (QED) is 0.485. The van der Waals surface area contributed by atoms with Crippen LogP contribution in [0.25, 0.3) is 0 Å². The maximum atomic E-state index is 14.3. The third-order valence-corrected chi connectivity index (χ3v) is 6.70. The molecule has 0 aliphatic heterocycles. The Morgan fingerprint density at radius 2 is 1.25 bits per heavy atom. The summed E-state index contributed by atoms with van der Waals surface area (Å²) in [7, 11) is 0. The molecular weight excluding hydrogens is 316 g/mol. The second-order valence-electron chi connectivity index (χ2n) is 8.25. The maximum absolute atomic E-state index is 14.3. The van der Waals surface area contributed by atoms with Gasteiger partial charge in [-0.05, 0) is 69.1 Å². The fourth-order valence-corrected chi connectivity index (χ4v) is 4.90. The molecule has 0 nitrogen and oxygen atoms in total. The van der Waals surface area contributed by atoms with Gasteiger partial charge in [0.15, 0.2) is 0 Å². The van der Waals surface area contributed by atoms with E-state index in [1.54, 1.807) is 0 Å². The van der Waals surface area contributed by atoms with E-state index in [0.717, 1.165) is 25.7 Å². The highest BCUT2D eigenvalue weighted by atomic mass is 19.3. The Morgan fingerprint density at radius 1 is 0.750 bits per heavy atom. The molecule has 0 heterocycles. The van der Waals surface area contributed by atoms with Gasteiger partial charge >= 0.3 is 11.8 Å². The summed E-state index contributed by atoms with van der Waals surface area (Å²) in [5.41, 5.74) is -0.880. The van der Waals surface area contributed by atoms with Crippen LogP contribution in [0.4, 0.5) is 17.6 Å². The predicted molar refractivity (Wildman–Crippen MR) is 88.3 cm³/mol. The van der Waals surface area contributed by atoms with Gasteiger partial charge in [-0.1, -0.05) is 31.9 Å². The number of allylic oxidation sites excluding steroid dienone is 4. The number of hydrogen-bond donors (Lipinski definition) is 0. The predicted octanol–water partition coefficient (Wildman–Crippen LogP) is 6.78. The molecule has 0 bridgehead atoms. The number of alkyl halides is 4. The normalized spacial score (nSPS) is 39.1. The van der Waals surface area contributed by atoms with E-state index in [2.05, 4.69) is 6.92 Å². The van der Waals surface area contributed by atoms with Crippen molar-refractivity contribution in [3.63, 3.8) is 0 Å². The van der Waals surface area contributed by atoms with Gasteiger partial charge in [-0.25, -0.2) is 0 Å². The van der Waals surface area contributed by atoms with Gasteiger partial charge in [0, 0.05) is 11.1 Å². The van der Waals surface area contributed by atoms with Crippen LogP contribution in [0.1, 0.15) is 65.2 Å². The van der Waals surface area contributed by atoms with E-state index in [-0.39, 0.29) is 5.57 Å². The molecule has 2 fully saturated rings. The Balaban J connectivity index is 1.64. The zero-order valence-corrected chi connectivity index (χ0v) is 14.6. The lowest BCUT2D eigenvalue weighted by molar-refractivity contribution is -0.168. The summed E-state index contributed by atoms with van der Waals surface area (Å²) in [5.74, 6) is -6.36. The number of halogens is 4.